The molecule has 0 fully saturated rings. The number of rotatable bonds is 6. The number of carbonyl (C=O) groups excluding carboxylic acids is 1. The Morgan fingerprint density at radius 1 is 1.11 bits per heavy atom. The van der Waals surface area contributed by atoms with E-state index in [2.05, 4.69) is 0 Å². The summed E-state index contributed by atoms with van der Waals surface area (Å²) in [6, 6.07) is 12.5. The number of carbonyl (C=O) groups is 1. The molecular formula is C20H24N2O5S. The van der Waals surface area contributed by atoms with Crippen molar-refractivity contribution in [1.82, 2.24) is 0 Å². The van der Waals surface area contributed by atoms with Crippen LogP contribution in [0.4, 0.5) is 11.4 Å². The number of amides is 1. The van der Waals surface area contributed by atoms with E-state index in [9.17, 15) is 13.2 Å². The summed E-state index contributed by atoms with van der Waals surface area (Å²) in [4.78, 5) is 14.7. The summed E-state index contributed by atoms with van der Waals surface area (Å²) in [6.45, 7) is 0.280. The quantitative estimate of drug-likeness (QED) is 0.739. The summed E-state index contributed by atoms with van der Waals surface area (Å²) < 4.78 is 36.4. The Morgan fingerprint density at radius 3 is 2.50 bits per heavy atom. The molecule has 0 spiro atoms. The molecule has 0 aromatic heterocycles. The fraction of sp³-hybridized carbons (Fsp3) is 0.350. The predicted molar refractivity (Wildman–Crippen MR) is 109 cm³/mol. The molecule has 8 heteroatoms. The highest BCUT2D eigenvalue weighted by Gasteiger charge is 2.28. The smallest absolute Gasteiger partial charge is 0.247 e. The summed E-state index contributed by atoms with van der Waals surface area (Å²) in [6.07, 6.45) is 2.84. The molecule has 0 radical (unpaired) electrons. The minimum Gasteiger partial charge on any atom is -0.493 e. The van der Waals surface area contributed by atoms with Gasteiger partial charge in [-0.15, -0.1) is 0 Å². The highest BCUT2D eigenvalue weighted by atomic mass is 32.2. The summed E-state index contributed by atoms with van der Waals surface area (Å²) in [5.41, 5.74) is 2.29. The molecule has 0 unspecified atom stereocenters. The van der Waals surface area contributed by atoms with Crippen molar-refractivity contribution in [3.8, 4) is 11.5 Å². The molecule has 0 atom stereocenters. The van der Waals surface area contributed by atoms with Gasteiger partial charge < -0.3 is 14.4 Å². The molecule has 2 aromatic rings. The molecule has 1 aliphatic heterocycles. The Morgan fingerprint density at radius 2 is 1.82 bits per heavy atom. The number of hydrogen-bond donors (Lipinski definition) is 0. The Kier molecular flexibility index (Phi) is 5.79. The van der Waals surface area contributed by atoms with Crippen LogP contribution >= 0.6 is 0 Å². The highest BCUT2D eigenvalue weighted by molar-refractivity contribution is 7.92. The summed E-state index contributed by atoms with van der Waals surface area (Å²) in [5.74, 6) is 0.604. The molecule has 0 bridgehead atoms. The molecule has 2 aromatic carbocycles. The fourth-order valence-corrected chi connectivity index (χ4v) is 4.22. The lowest BCUT2D eigenvalue weighted by molar-refractivity contribution is -0.117. The Hall–Kier alpha value is -2.74. The molecule has 3 rings (SSSR count). The molecule has 0 saturated carbocycles. The lowest BCUT2D eigenvalue weighted by Crippen LogP contribution is -2.44. The Balaban J connectivity index is 1.92. The Bertz CT molecular complexity index is 974. The maximum Gasteiger partial charge on any atom is 0.247 e. The van der Waals surface area contributed by atoms with E-state index in [0.717, 1.165) is 34.7 Å². The van der Waals surface area contributed by atoms with E-state index in [1.807, 2.05) is 24.3 Å². The lowest BCUT2D eigenvalue weighted by Gasteiger charge is -2.32. The van der Waals surface area contributed by atoms with E-state index in [4.69, 9.17) is 9.47 Å². The van der Waals surface area contributed by atoms with Gasteiger partial charge in [0.1, 0.15) is 6.54 Å². The van der Waals surface area contributed by atoms with Gasteiger partial charge in [0.2, 0.25) is 15.9 Å². The van der Waals surface area contributed by atoms with Crippen LogP contribution in [-0.4, -0.2) is 47.9 Å². The van der Waals surface area contributed by atoms with Gasteiger partial charge in [-0.1, -0.05) is 18.2 Å². The van der Waals surface area contributed by atoms with Crippen LogP contribution in [0.25, 0.3) is 0 Å². The van der Waals surface area contributed by atoms with Gasteiger partial charge in [0.05, 0.1) is 26.2 Å². The SMILES string of the molecule is COc1ccc(N(CC(=O)N2CCCc3ccccc32)S(C)(=O)=O)cc1OC. The fourth-order valence-electron chi connectivity index (χ4n) is 3.38. The minimum absolute atomic E-state index is 0.271. The first-order valence-electron chi connectivity index (χ1n) is 8.93. The third-order valence-electron chi connectivity index (χ3n) is 4.75. The zero-order valence-electron chi connectivity index (χ0n) is 16.2. The normalized spacial score (nSPS) is 13.6. The maximum atomic E-state index is 13.0. The first kappa shape index (κ1) is 20.0. The number of anilines is 2. The van der Waals surface area contributed by atoms with Gasteiger partial charge in [-0.05, 0) is 36.6 Å². The van der Waals surface area contributed by atoms with E-state index < -0.39 is 10.0 Å². The van der Waals surface area contributed by atoms with Crippen molar-refractivity contribution in [3.05, 3.63) is 48.0 Å². The van der Waals surface area contributed by atoms with Crippen molar-refractivity contribution >= 4 is 27.3 Å². The van der Waals surface area contributed by atoms with Crippen LogP contribution < -0.4 is 18.7 Å². The van der Waals surface area contributed by atoms with Gasteiger partial charge in [-0.2, -0.15) is 0 Å². The van der Waals surface area contributed by atoms with Gasteiger partial charge in [0, 0.05) is 18.3 Å². The van der Waals surface area contributed by atoms with Crippen LogP contribution in [0, 0.1) is 0 Å². The number of benzene rings is 2. The number of methoxy groups -OCH3 is 2. The zero-order chi connectivity index (χ0) is 20.3. The molecule has 1 amide bonds. The molecule has 150 valence electrons. The van der Waals surface area contributed by atoms with Gasteiger partial charge in [0.25, 0.3) is 0 Å². The maximum absolute atomic E-state index is 13.0. The van der Waals surface area contributed by atoms with E-state index >= 15 is 0 Å². The van der Waals surface area contributed by atoms with Crippen molar-refractivity contribution in [2.75, 3.05) is 42.8 Å². The number of para-hydroxylation sites is 1. The third-order valence-corrected chi connectivity index (χ3v) is 5.89. The van der Waals surface area contributed by atoms with Gasteiger partial charge in [0.15, 0.2) is 11.5 Å². The van der Waals surface area contributed by atoms with E-state index in [1.54, 1.807) is 23.1 Å². The second-order valence-corrected chi connectivity index (χ2v) is 8.49. The van der Waals surface area contributed by atoms with Gasteiger partial charge in [-0.3, -0.25) is 9.10 Å². The average Bonchev–Trinajstić information content (AvgIpc) is 2.70. The first-order chi connectivity index (χ1) is 13.3. The summed E-state index contributed by atoms with van der Waals surface area (Å²) >= 11 is 0. The number of aryl methyl sites for hydroxylation is 1. The molecule has 0 N–H and O–H groups in total. The number of fused-ring (bicyclic) bond motifs is 1. The summed E-state index contributed by atoms with van der Waals surface area (Å²) in [5, 5.41) is 0. The molecule has 7 nitrogen and oxygen atoms in total. The summed E-state index contributed by atoms with van der Waals surface area (Å²) in [7, 11) is -0.707. The number of nitrogens with zero attached hydrogens (tertiary/aromatic N) is 2. The van der Waals surface area contributed by atoms with Crippen molar-refractivity contribution in [1.29, 1.82) is 0 Å². The van der Waals surface area contributed by atoms with Crippen LogP contribution in [-0.2, 0) is 21.2 Å². The second kappa shape index (κ2) is 8.10. The largest absolute Gasteiger partial charge is 0.493 e. The van der Waals surface area contributed by atoms with Crippen LogP contribution in [0.15, 0.2) is 42.5 Å². The van der Waals surface area contributed by atoms with Gasteiger partial charge in [-0.25, -0.2) is 8.42 Å². The predicted octanol–water partition coefficient (Wildman–Crippen LogP) is 2.45. The topological polar surface area (TPSA) is 76.2 Å². The standard InChI is InChI=1S/C20H24N2O5S/c1-26-18-11-10-16(13-19(18)27-2)22(28(3,24)25)14-20(23)21-12-6-8-15-7-4-5-9-17(15)21/h4-5,7,9-11,13H,6,8,12,14H2,1-3H3. The van der Waals surface area contributed by atoms with Crippen LogP contribution in [0.1, 0.15) is 12.0 Å². The molecule has 1 aliphatic rings. The molecule has 1 heterocycles. The minimum atomic E-state index is -3.68. The first-order valence-corrected chi connectivity index (χ1v) is 10.8. The molecule has 0 saturated heterocycles. The van der Waals surface area contributed by atoms with Crippen molar-refractivity contribution < 1.29 is 22.7 Å². The van der Waals surface area contributed by atoms with E-state index in [0.29, 0.717) is 23.7 Å². The highest BCUT2D eigenvalue weighted by Crippen LogP contribution is 2.33. The second-order valence-electron chi connectivity index (χ2n) is 6.59. The average molecular weight is 404 g/mol. The lowest BCUT2D eigenvalue weighted by atomic mass is 10.0. The number of sulfonamides is 1. The third kappa shape index (κ3) is 4.06. The zero-order valence-corrected chi connectivity index (χ0v) is 17.0. The molecular weight excluding hydrogens is 380 g/mol. The van der Waals surface area contributed by atoms with Crippen molar-refractivity contribution in [2.45, 2.75) is 12.8 Å². The van der Waals surface area contributed by atoms with E-state index in [1.165, 1.54) is 14.2 Å². The number of ether oxygens (including phenoxy) is 2. The molecule has 28 heavy (non-hydrogen) atoms. The van der Waals surface area contributed by atoms with Crippen molar-refractivity contribution in [2.24, 2.45) is 0 Å². The van der Waals surface area contributed by atoms with Crippen molar-refractivity contribution in [3.63, 3.8) is 0 Å². The monoisotopic (exact) mass is 404 g/mol. The number of hydrogen-bond acceptors (Lipinski definition) is 5. The Labute approximate surface area is 165 Å². The van der Waals surface area contributed by atoms with Crippen LogP contribution in [0.2, 0.25) is 0 Å². The van der Waals surface area contributed by atoms with Gasteiger partial charge >= 0.3 is 0 Å². The van der Waals surface area contributed by atoms with Crippen LogP contribution in [0.3, 0.4) is 0 Å². The molecule has 0 aliphatic carbocycles. The van der Waals surface area contributed by atoms with Crippen LogP contribution in [0.5, 0.6) is 11.5 Å². The van der Waals surface area contributed by atoms with E-state index in [-0.39, 0.29) is 12.5 Å².